The Balaban J connectivity index is 1.73. The fourth-order valence-electron chi connectivity index (χ4n) is 4.03. The van der Waals surface area contributed by atoms with Gasteiger partial charge in [0.1, 0.15) is 28.6 Å². The molecule has 10 heteroatoms. The lowest BCUT2D eigenvalue weighted by Crippen LogP contribution is -2.29. The van der Waals surface area contributed by atoms with Crippen LogP contribution in [-0.2, 0) is 4.74 Å². The molecule has 0 radical (unpaired) electrons. The van der Waals surface area contributed by atoms with E-state index < -0.39 is 29.2 Å². The fraction of sp³-hybridized carbons (Fsp3) is 0.120. The maximum atomic E-state index is 13.9. The fourth-order valence-corrected chi connectivity index (χ4v) is 5.01. The number of amides is 1. The molecule has 1 aliphatic rings. The number of rotatable bonds is 5. The maximum absolute atomic E-state index is 13.9. The van der Waals surface area contributed by atoms with Gasteiger partial charge in [-0.3, -0.25) is 14.5 Å². The average Bonchev–Trinajstić information content (AvgIpc) is 3.35. The number of phenols is 1. The van der Waals surface area contributed by atoms with Crippen LogP contribution in [0.25, 0.3) is 11.0 Å². The molecule has 1 aliphatic heterocycles. The van der Waals surface area contributed by atoms with E-state index >= 15 is 0 Å². The third kappa shape index (κ3) is 3.68. The predicted octanol–water partition coefficient (Wildman–Crippen LogP) is 4.50. The van der Waals surface area contributed by atoms with Crippen LogP contribution in [0.5, 0.6) is 5.75 Å². The van der Waals surface area contributed by atoms with Gasteiger partial charge in [0, 0.05) is 0 Å². The minimum absolute atomic E-state index is 0.00702. The van der Waals surface area contributed by atoms with Gasteiger partial charge in [-0.05, 0) is 42.8 Å². The smallest absolute Gasteiger partial charge is 0.350 e. The number of hydrogen-bond acceptors (Lipinski definition) is 8. The van der Waals surface area contributed by atoms with Gasteiger partial charge in [0.05, 0.1) is 22.7 Å². The number of benzene rings is 2. The lowest BCUT2D eigenvalue weighted by molar-refractivity contribution is 0.0554. The lowest BCUT2D eigenvalue weighted by Gasteiger charge is -2.22. The Morgan fingerprint density at radius 2 is 2.11 bits per heavy atom. The molecule has 0 fully saturated rings. The highest BCUT2D eigenvalue weighted by Gasteiger charge is 2.45. The Bertz CT molecular complexity index is 1590. The van der Waals surface area contributed by atoms with Crippen molar-refractivity contribution < 1.29 is 28.2 Å². The summed E-state index contributed by atoms with van der Waals surface area (Å²) in [6.45, 7) is 5.12. The number of aromatic hydroxyl groups is 1. The molecule has 0 saturated heterocycles. The van der Waals surface area contributed by atoms with E-state index in [0.29, 0.717) is 11.3 Å². The zero-order valence-electron chi connectivity index (χ0n) is 18.3. The van der Waals surface area contributed by atoms with Gasteiger partial charge in [-0.15, -0.1) is 0 Å². The second-order valence-electron chi connectivity index (χ2n) is 7.79. The third-order valence-corrected chi connectivity index (χ3v) is 6.66. The predicted molar refractivity (Wildman–Crippen MR) is 127 cm³/mol. The summed E-state index contributed by atoms with van der Waals surface area (Å²) in [6.07, 6.45) is 1.43. The Labute approximate surface area is 201 Å². The Morgan fingerprint density at radius 3 is 2.86 bits per heavy atom. The van der Waals surface area contributed by atoms with Crippen molar-refractivity contribution in [1.29, 1.82) is 0 Å². The Kier molecular flexibility index (Phi) is 5.45. The van der Waals surface area contributed by atoms with Gasteiger partial charge in [0.2, 0.25) is 5.76 Å². The number of phenolic OH excluding ortho intramolecular Hbond substituents is 1. The van der Waals surface area contributed by atoms with Crippen LogP contribution in [0, 0.1) is 12.7 Å². The highest BCUT2D eigenvalue weighted by atomic mass is 32.1. The van der Waals surface area contributed by atoms with Crippen molar-refractivity contribution in [3.63, 3.8) is 0 Å². The van der Waals surface area contributed by atoms with Crippen molar-refractivity contribution in [1.82, 2.24) is 4.98 Å². The van der Waals surface area contributed by atoms with Gasteiger partial charge in [0.15, 0.2) is 10.6 Å². The van der Waals surface area contributed by atoms with E-state index in [4.69, 9.17) is 9.15 Å². The minimum Gasteiger partial charge on any atom is -0.508 e. The van der Waals surface area contributed by atoms with Crippen LogP contribution >= 0.6 is 11.3 Å². The number of nitrogens with zero attached hydrogens (tertiary/aromatic N) is 2. The minimum atomic E-state index is -1.03. The van der Waals surface area contributed by atoms with Crippen LogP contribution < -0.4 is 10.3 Å². The molecule has 3 heterocycles. The molecular formula is C25H17FN2O6S. The van der Waals surface area contributed by atoms with Gasteiger partial charge in [-0.1, -0.05) is 36.1 Å². The number of ether oxygens (including phenoxy) is 1. The number of aryl methyl sites for hydroxylation is 1. The first-order chi connectivity index (χ1) is 16.8. The third-order valence-electron chi connectivity index (χ3n) is 5.53. The summed E-state index contributed by atoms with van der Waals surface area (Å²) in [5, 5.41) is 10.2. The number of fused-ring (bicyclic) bond motifs is 2. The van der Waals surface area contributed by atoms with Gasteiger partial charge in [-0.2, -0.15) is 0 Å². The van der Waals surface area contributed by atoms with Gasteiger partial charge >= 0.3 is 5.97 Å². The van der Waals surface area contributed by atoms with E-state index in [-0.39, 0.29) is 44.7 Å². The number of thiazole rings is 1. The molecule has 1 amide bonds. The lowest BCUT2D eigenvalue weighted by atomic mass is 9.98. The van der Waals surface area contributed by atoms with E-state index in [9.17, 15) is 23.9 Å². The van der Waals surface area contributed by atoms with E-state index in [0.717, 1.165) is 23.5 Å². The summed E-state index contributed by atoms with van der Waals surface area (Å²) in [5.41, 5.74) is 0.211. The standard InChI is InChI=1S/C25H17FN2O6S/c1-3-9-33-24(32)22-12(2)27-25(35-22)28-19(13-5-4-6-15(29)10-13)18-20(30)16-11-14(26)7-8-17(16)34-21(18)23(28)31/h3-8,10-11,19,29H,1,9H2,2H3/t19-/m1/s1. The summed E-state index contributed by atoms with van der Waals surface area (Å²) in [5.74, 6) is -2.20. The second-order valence-corrected chi connectivity index (χ2v) is 8.76. The highest BCUT2D eigenvalue weighted by Crippen LogP contribution is 2.43. The van der Waals surface area contributed by atoms with Gasteiger partial charge < -0.3 is 14.3 Å². The summed E-state index contributed by atoms with van der Waals surface area (Å²) < 4.78 is 24.8. The van der Waals surface area contributed by atoms with Crippen LogP contribution in [-0.4, -0.2) is 28.6 Å². The van der Waals surface area contributed by atoms with Crippen LogP contribution in [0.2, 0.25) is 0 Å². The molecule has 0 bridgehead atoms. The van der Waals surface area contributed by atoms with Crippen molar-refractivity contribution in [2.24, 2.45) is 0 Å². The molecule has 0 unspecified atom stereocenters. The molecular weight excluding hydrogens is 475 g/mol. The van der Waals surface area contributed by atoms with Crippen molar-refractivity contribution in [3.05, 3.63) is 98.6 Å². The molecule has 176 valence electrons. The Hall–Kier alpha value is -4.31. The molecule has 1 atom stereocenters. The molecule has 8 nitrogen and oxygen atoms in total. The summed E-state index contributed by atoms with van der Waals surface area (Å²) in [7, 11) is 0. The van der Waals surface area contributed by atoms with Crippen LogP contribution in [0.1, 0.15) is 43.1 Å². The number of halogens is 1. The summed E-state index contributed by atoms with van der Waals surface area (Å²) >= 11 is 0.924. The molecule has 0 aliphatic carbocycles. The van der Waals surface area contributed by atoms with E-state index in [1.807, 2.05) is 0 Å². The second kappa shape index (κ2) is 8.48. The zero-order chi connectivity index (χ0) is 24.9. The first-order valence-corrected chi connectivity index (χ1v) is 11.3. The molecule has 5 rings (SSSR count). The van der Waals surface area contributed by atoms with Gasteiger partial charge in [0.25, 0.3) is 5.91 Å². The number of carbonyl (C=O) groups excluding carboxylic acids is 2. The van der Waals surface area contributed by atoms with Crippen molar-refractivity contribution in [2.45, 2.75) is 13.0 Å². The molecule has 2 aromatic heterocycles. The number of esters is 1. The molecule has 0 saturated carbocycles. The number of aromatic nitrogens is 1. The van der Waals surface area contributed by atoms with E-state index in [1.54, 1.807) is 19.1 Å². The average molecular weight is 492 g/mol. The molecule has 1 N–H and O–H groups in total. The molecule has 4 aromatic rings. The van der Waals surface area contributed by atoms with Gasteiger partial charge in [-0.25, -0.2) is 14.2 Å². The van der Waals surface area contributed by atoms with Crippen molar-refractivity contribution in [3.8, 4) is 5.75 Å². The quantitative estimate of drug-likeness (QED) is 0.323. The highest BCUT2D eigenvalue weighted by molar-refractivity contribution is 7.17. The largest absolute Gasteiger partial charge is 0.508 e. The van der Waals surface area contributed by atoms with Crippen LogP contribution in [0.15, 0.2) is 64.3 Å². The monoisotopic (exact) mass is 492 g/mol. The maximum Gasteiger partial charge on any atom is 0.350 e. The van der Waals surface area contributed by atoms with Crippen molar-refractivity contribution >= 4 is 39.3 Å². The van der Waals surface area contributed by atoms with E-state index in [2.05, 4.69) is 11.6 Å². The topological polar surface area (TPSA) is 110 Å². The van der Waals surface area contributed by atoms with Crippen molar-refractivity contribution in [2.75, 3.05) is 11.5 Å². The zero-order valence-corrected chi connectivity index (χ0v) is 19.1. The first kappa shape index (κ1) is 22.5. The Morgan fingerprint density at radius 1 is 1.31 bits per heavy atom. The molecule has 35 heavy (non-hydrogen) atoms. The number of hydrogen-bond donors (Lipinski definition) is 1. The summed E-state index contributed by atoms with van der Waals surface area (Å²) in [6, 6.07) is 8.50. The SMILES string of the molecule is C=CCOC(=O)c1sc(N2C(=O)c3oc4ccc(F)cc4c(=O)c3[C@H]2c2cccc(O)c2)nc1C. The van der Waals surface area contributed by atoms with Crippen LogP contribution in [0.4, 0.5) is 9.52 Å². The molecule has 0 spiro atoms. The summed E-state index contributed by atoms with van der Waals surface area (Å²) in [4.78, 5) is 45.4. The molecule has 2 aromatic carbocycles. The number of anilines is 1. The van der Waals surface area contributed by atoms with Crippen LogP contribution in [0.3, 0.4) is 0 Å². The normalized spacial score (nSPS) is 14.9. The first-order valence-electron chi connectivity index (χ1n) is 10.4. The number of carbonyl (C=O) groups is 2. The van der Waals surface area contributed by atoms with E-state index in [1.165, 1.54) is 29.2 Å².